The van der Waals surface area contributed by atoms with Crippen molar-refractivity contribution in [3.8, 4) is 5.75 Å². The third-order valence-electron chi connectivity index (χ3n) is 2.40. The van der Waals surface area contributed by atoms with Crippen LogP contribution in [-0.4, -0.2) is 26.7 Å². The highest BCUT2D eigenvalue weighted by Crippen LogP contribution is 2.22. The lowest BCUT2D eigenvalue weighted by Crippen LogP contribution is -2.08. The molecule has 1 heterocycles. The van der Waals surface area contributed by atoms with E-state index in [9.17, 15) is 5.11 Å². The quantitative estimate of drug-likeness (QED) is 0.901. The van der Waals surface area contributed by atoms with E-state index in [1.807, 2.05) is 18.2 Å². The average molecular weight is 268 g/mol. The van der Waals surface area contributed by atoms with Crippen molar-refractivity contribution in [3.63, 3.8) is 0 Å². The summed E-state index contributed by atoms with van der Waals surface area (Å²) in [6.45, 7) is 2.63. The molecule has 1 atom stereocenters. The van der Waals surface area contributed by atoms with Crippen LogP contribution in [0.3, 0.4) is 0 Å². The van der Waals surface area contributed by atoms with Gasteiger partial charge in [-0.05, 0) is 19.1 Å². The monoisotopic (exact) mass is 267 g/mol. The second-order valence-corrected chi connectivity index (χ2v) is 4.27. The van der Waals surface area contributed by atoms with Gasteiger partial charge in [0.1, 0.15) is 18.1 Å². The van der Waals surface area contributed by atoms with Crippen LogP contribution < -0.4 is 4.74 Å². The van der Waals surface area contributed by atoms with Gasteiger partial charge in [-0.1, -0.05) is 28.9 Å². The maximum absolute atomic E-state index is 9.31. The fourth-order valence-corrected chi connectivity index (χ4v) is 1.62. The fraction of sp³-hybridized carbons (Fsp3) is 0.333. The molecule has 0 amide bonds. The van der Waals surface area contributed by atoms with Crippen LogP contribution >= 0.6 is 11.6 Å². The summed E-state index contributed by atoms with van der Waals surface area (Å²) in [5, 5.41) is 17.6. The van der Waals surface area contributed by atoms with Crippen molar-refractivity contribution in [2.75, 3.05) is 6.61 Å². The van der Waals surface area contributed by atoms with Gasteiger partial charge in [0, 0.05) is 0 Å². The molecule has 5 nitrogen and oxygen atoms in total. The van der Waals surface area contributed by atoms with E-state index in [0.717, 1.165) is 0 Å². The lowest BCUT2D eigenvalue weighted by molar-refractivity contribution is 0.194. The van der Waals surface area contributed by atoms with Gasteiger partial charge in [0.05, 0.1) is 23.9 Å². The molecule has 6 heteroatoms. The molecule has 0 radical (unpaired) electrons. The van der Waals surface area contributed by atoms with E-state index < -0.39 is 6.10 Å². The summed E-state index contributed by atoms with van der Waals surface area (Å²) in [5.74, 6) is 0.648. The molecule has 0 aliphatic carbocycles. The minimum atomic E-state index is -0.608. The molecule has 0 saturated carbocycles. The van der Waals surface area contributed by atoms with Gasteiger partial charge in [-0.15, -0.1) is 5.10 Å². The zero-order chi connectivity index (χ0) is 13.0. The molecule has 0 aliphatic heterocycles. The van der Waals surface area contributed by atoms with E-state index in [4.69, 9.17) is 16.3 Å². The lowest BCUT2D eigenvalue weighted by atomic mass is 10.3. The van der Waals surface area contributed by atoms with Crippen LogP contribution in [0.25, 0.3) is 0 Å². The Morgan fingerprint density at radius 1 is 1.44 bits per heavy atom. The van der Waals surface area contributed by atoms with Crippen molar-refractivity contribution >= 4 is 11.6 Å². The number of hydrogen-bond donors (Lipinski definition) is 1. The van der Waals surface area contributed by atoms with Crippen LogP contribution in [-0.2, 0) is 6.54 Å². The highest BCUT2D eigenvalue weighted by molar-refractivity contribution is 6.32. The molecule has 0 saturated heterocycles. The number of ether oxygens (including phenoxy) is 1. The number of halogens is 1. The van der Waals surface area contributed by atoms with E-state index in [0.29, 0.717) is 29.6 Å². The first-order chi connectivity index (χ1) is 8.66. The van der Waals surface area contributed by atoms with Gasteiger partial charge in [-0.25, -0.2) is 4.68 Å². The summed E-state index contributed by atoms with van der Waals surface area (Å²) in [6, 6.07) is 7.30. The van der Waals surface area contributed by atoms with Crippen molar-refractivity contribution in [3.05, 3.63) is 41.2 Å². The summed E-state index contributed by atoms with van der Waals surface area (Å²) in [5.41, 5.74) is 0.549. The number of hydrogen-bond acceptors (Lipinski definition) is 4. The molecule has 1 aromatic heterocycles. The summed E-state index contributed by atoms with van der Waals surface area (Å²) in [7, 11) is 0. The van der Waals surface area contributed by atoms with Gasteiger partial charge in [0.15, 0.2) is 0 Å². The number of aliphatic hydroxyl groups is 1. The first-order valence-corrected chi connectivity index (χ1v) is 6.00. The Morgan fingerprint density at radius 2 is 2.22 bits per heavy atom. The zero-order valence-corrected chi connectivity index (χ0v) is 10.7. The second-order valence-electron chi connectivity index (χ2n) is 3.86. The van der Waals surface area contributed by atoms with Crippen molar-refractivity contribution in [1.29, 1.82) is 0 Å². The van der Waals surface area contributed by atoms with Crippen molar-refractivity contribution < 1.29 is 9.84 Å². The maximum atomic E-state index is 9.31. The minimum Gasteiger partial charge on any atom is -0.490 e. The van der Waals surface area contributed by atoms with Crippen molar-refractivity contribution in [2.45, 2.75) is 19.6 Å². The number of nitrogens with zero attached hydrogens (tertiary/aromatic N) is 3. The predicted molar refractivity (Wildman–Crippen MR) is 67.6 cm³/mol. The molecule has 1 N–H and O–H groups in total. The average Bonchev–Trinajstić information content (AvgIpc) is 2.80. The van der Waals surface area contributed by atoms with E-state index in [1.54, 1.807) is 23.9 Å². The Hall–Kier alpha value is -1.59. The Kier molecular flexibility index (Phi) is 4.17. The fourth-order valence-electron chi connectivity index (χ4n) is 1.43. The topological polar surface area (TPSA) is 60.2 Å². The summed E-state index contributed by atoms with van der Waals surface area (Å²) >= 11 is 5.96. The number of benzene rings is 1. The Balaban J connectivity index is 1.87. The van der Waals surface area contributed by atoms with Gasteiger partial charge in [0.25, 0.3) is 0 Å². The molecule has 0 bridgehead atoms. The predicted octanol–water partition coefficient (Wildman–Crippen LogP) is 2.06. The first-order valence-electron chi connectivity index (χ1n) is 5.62. The molecule has 0 spiro atoms. The molecular formula is C12H14ClN3O2. The van der Waals surface area contributed by atoms with Crippen LogP contribution in [0, 0.1) is 0 Å². The van der Waals surface area contributed by atoms with Crippen LogP contribution in [0.1, 0.15) is 18.7 Å². The van der Waals surface area contributed by atoms with E-state index >= 15 is 0 Å². The van der Waals surface area contributed by atoms with Crippen molar-refractivity contribution in [2.24, 2.45) is 0 Å². The molecule has 2 rings (SSSR count). The number of para-hydroxylation sites is 1. The Labute approximate surface area is 110 Å². The third-order valence-corrected chi connectivity index (χ3v) is 2.71. The summed E-state index contributed by atoms with van der Waals surface area (Å²) in [4.78, 5) is 0. The molecule has 0 aliphatic rings. The molecule has 18 heavy (non-hydrogen) atoms. The Morgan fingerprint density at radius 3 is 2.89 bits per heavy atom. The number of aliphatic hydroxyl groups excluding tert-OH is 1. The van der Waals surface area contributed by atoms with Crippen LogP contribution in [0.2, 0.25) is 5.02 Å². The molecule has 1 unspecified atom stereocenters. The van der Waals surface area contributed by atoms with Gasteiger partial charge in [-0.3, -0.25) is 0 Å². The molecule has 2 aromatic rings. The Bertz CT molecular complexity index is 514. The smallest absolute Gasteiger partial charge is 0.137 e. The number of aromatic nitrogens is 3. The highest BCUT2D eigenvalue weighted by Gasteiger charge is 2.06. The standard InChI is InChI=1S/C12H14ClN3O2/c1-9(17)11-8-16(15-14-11)6-7-18-12-5-3-2-4-10(12)13/h2-5,8-9,17H,6-7H2,1H3. The second kappa shape index (κ2) is 5.84. The van der Waals surface area contributed by atoms with Gasteiger partial charge in [0.2, 0.25) is 0 Å². The van der Waals surface area contributed by atoms with Crippen LogP contribution in [0.4, 0.5) is 0 Å². The van der Waals surface area contributed by atoms with E-state index in [1.165, 1.54) is 0 Å². The summed E-state index contributed by atoms with van der Waals surface area (Å²) < 4.78 is 7.15. The molecular weight excluding hydrogens is 254 g/mol. The normalized spacial score (nSPS) is 12.4. The largest absolute Gasteiger partial charge is 0.490 e. The zero-order valence-electron chi connectivity index (χ0n) is 9.95. The maximum Gasteiger partial charge on any atom is 0.137 e. The van der Waals surface area contributed by atoms with E-state index in [2.05, 4.69) is 10.3 Å². The number of rotatable bonds is 5. The van der Waals surface area contributed by atoms with Crippen LogP contribution in [0.15, 0.2) is 30.5 Å². The SMILES string of the molecule is CC(O)c1cn(CCOc2ccccc2Cl)nn1. The molecule has 0 fully saturated rings. The molecule has 96 valence electrons. The van der Waals surface area contributed by atoms with E-state index in [-0.39, 0.29) is 0 Å². The minimum absolute atomic E-state index is 0.437. The van der Waals surface area contributed by atoms with Gasteiger partial charge < -0.3 is 9.84 Å². The van der Waals surface area contributed by atoms with Gasteiger partial charge >= 0.3 is 0 Å². The molecule has 1 aromatic carbocycles. The highest BCUT2D eigenvalue weighted by atomic mass is 35.5. The first kappa shape index (κ1) is 12.9. The lowest BCUT2D eigenvalue weighted by Gasteiger charge is -2.07. The van der Waals surface area contributed by atoms with Crippen LogP contribution in [0.5, 0.6) is 5.75 Å². The van der Waals surface area contributed by atoms with Gasteiger partial charge in [-0.2, -0.15) is 0 Å². The third kappa shape index (κ3) is 3.21. The summed E-state index contributed by atoms with van der Waals surface area (Å²) in [6.07, 6.45) is 1.09. The van der Waals surface area contributed by atoms with Crippen molar-refractivity contribution in [1.82, 2.24) is 15.0 Å².